The van der Waals surface area contributed by atoms with Crippen molar-refractivity contribution >= 4 is 29.1 Å². The highest BCUT2D eigenvalue weighted by Gasteiger charge is 2.23. The molecule has 1 aromatic carbocycles. The highest BCUT2D eigenvalue weighted by molar-refractivity contribution is 6.30. The molecule has 0 aliphatic carbocycles. The van der Waals surface area contributed by atoms with Crippen LogP contribution in [0.15, 0.2) is 24.3 Å². The molecule has 0 aliphatic rings. The molecule has 2 amide bonds. The van der Waals surface area contributed by atoms with Gasteiger partial charge in [0.1, 0.15) is 6.04 Å². The molecule has 0 spiro atoms. The zero-order chi connectivity index (χ0) is 14.4. The first-order valence-electron chi connectivity index (χ1n) is 5.38. The summed E-state index contributed by atoms with van der Waals surface area (Å²) >= 11 is 5.76. The summed E-state index contributed by atoms with van der Waals surface area (Å²) in [6.45, 7) is 1.25. The lowest BCUT2D eigenvalue weighted by Crippen LogP contribution is -2.48. The highest BCUT2D eigenvalue weighted by atomic mass is 35.5. The smallest absolute Gasteiger partial charge is 0.265 e. The van der Waals surface area contributed by atoms with E-state index < -0.39 is 17.9 Å². The van der Waals surface area contributed by atoms with Gasteiger partial charge in [0.15, 0.2) is 0 Å². The third-order valence-electron chi connectivity index (χ3n) is 2.55. The lowest BCUT2D eigenvalue weighted by Gasteiger charge is -2.28. The third-order valence-corrected chi connectivity index (χ3v) is 2.81. The number of hydroxylamine groups is 2. The molecule has 0 aromatic heterocycles. The standard InChI is InChI=1S/C11H14ClN3O4/c1-7(11(17)14-19)15(6-10(16)13-18)9-4-2-8(12)3-5-9/h2-5,7,18-19H,6H2,1H3,(H,13,16)(H,14,17)/t7-/m1/s1. The van der Waals surface area contributed by atoms with Crippen molar-refractivity contribution in [2.24, 2.45) is 0 Å². The van der Waals surface area contributed by atoms with E-state index in [1.54, 1.807) is 24.3 Å². The van der Waals surface area contributed by atoms with Gasteiger partial charge in [0, 0.05) is 10.7 Å². The van der Waals surface area contributed by atoms with Crippen molar-refractivity contribution in [1.82, 2.24) is 11.0 Å². The lowest BCUT2D eigenvalue weighted by atomic mass is 10.2. The van der Waals surface area contributed by atoms with E-state index in [2.05, 4.69) is 0 Å². The van der Waals surface area contributed by atoms with Gasteiger partial charge >= 0.3 is 0 Å². The molecular weight excluding hydrogens is 274 g/mol. The minimum absolute atomic E-state index is 0.257. The molecule has 0 bridgehead atoms. The first kappa shape index (κ1) is 15.2. The monoisotopic (exact) mass is 287 g/mol. The van der Waals surface area contributed by atoms with E-state index in [1.165, 1.54) is 22.8 Å². The van der Waals surface area contributed by atoms with Crippen LogP contribution in [-0.4, -0.2) is 34.8 Å². The number of carbonyl (C=O) groups excluding carboxylic acids is 2. The van der Waals surface area contributed by atoms with Gasteiger partial charge in [0.05, 0.1) is 6.54 Å². The Morgan fingerprint density at radius 3 is 2.32 bits per heavy atom. The molecule has 0 unspecified atom stereocenters. The maximum atomic E-state index is 11.4. The van der Waals surface area contributed by atoms with E-state index in [0.29, 0.717) is 10.7 Å². The maximum absolute atomic E-state index is 11.4. The Morgan fingerprint density at radius 2 is 1.84 bits per heavy atom. The predicted molar refractivity (Wildman–Crippen MR) is 68.1 cm³/mol. The number of amides is 2. The zero-order valence-corrected chi connectivity index (χ0v) is 10.9. The molecule has 0 aliphatic heterocycles. The van der Waals surface area contributed by atoms with Gasteiger partial charge in [-0.3, -0.25) is 20.0 Å². The van der Waals surface area contributed by atoms with E-state index in [9.17, 15) is 9.59 Å². The van der Waals surface area contributed by atoms with Crippen LogP contribution in [0.5, 0.6) is 0 Å². The molecule has 0 saturated heterocycles. The van der Waals surface area contributed by atoms with Crippen molar-refractivity contribution in [3.05, 3.63) is 29.3 Å². The number of nitrogens with one attached hydrogen (secondary N) is 2. The molecule has 19 heavy (non-hydrogen) atoms. The zero-order valence-electron chi connectivity index (χ0n) is 10.1. The van der Waals surface area contributed by atoms with Crippen LogP contribution in [0.25, 0.3) is 0 Å². The lowest BCUT2D eigenvalue weighted by molar-refractivity contribution is -0.130. The maximum Gasteiger partial charge on any atom is 0.265 e. The Bertz CT molecular complexity index is 452. The van der Waals surface area contributed by atoms with Gasteiger partial charge in [-0.25, -0.2) is 11.0 Å². The number of hydrogen-bond acceptors (Lipinski definition) is 5. The van der Waals surface area contributed by atoms with Crippen LogP contribution in [0.3, 0.4) is 0 Å². The molecule has 0 fully saturated rings. The number of nitrogens with zero attached hydrogens (tertiary/aromatic N) is 1. The van der Waals surface area contributed by atoms with E-state index in [0.717, 1.165) is 0 Å². The van der Waals surface area contributed by atoms with Crippen LogP contribution < -0.4 is 15.9 Å². The minimum Gasteiger partial charge on any atom is -0.350 e. The van der Waals surface area contributed by atoms with Gasteiger partial charge in [-0.2, -0.15) is 0 Å². The largest absolute Gasteiger partial charge is 0.350 e. The predicted octanol–water partition coefficient (Wildman–Crippen LogP) is 0.546. The molecular formula is C11H14ClN3O4. The van der Waals surface area contributed by atoms with Crippen molar-refractivity contribution in [3.63, 3.8) is 0 Å². The summed E-state index contributed by atoms with van der Waals surface area (Å²) in [6, 6.07) is 5.63. The Hall–Kier alpha value is -1.83. The second-order valence-corrected chi connectivity index (χ2v) is 4.23. The third kappa shape index (κ3) is 4.09. The number of carbonyl (C=O) groups is 2. The summed E-state index contributed by atoms with van der Waals surface area (Å²) in [5.41, 5.74) is 3.55. The van der Waals surface area contributed by atoms with Gasteiger partial charge in [-0.05, 0) is 31.2 Å². The minimum atomic E-state index is -0.816. The summed E-state index contributed by atoms with van der Waals surface area (Å²) in [5, 5.41) is 17.7. The molecule has 1 atom stereocenters. The van der Waals surface area contributed by atoms with Crippen molar-refractivity contribution in [3.8, 4) is 0 Å². The summed E-state index contributed by atoms with van der Waals surface area (Å²) < 4.78 is 0. The first-order valence-corrected chi connectivity index (χ1v) is 5.76. The van der Waals surface area contributed by atoms with E-state index in [1.807, 2.05) is 0 Å². The number of rotatable bonds is 5. The molecule has 1 rings (SSSR count). The summed E-state index contributed by atoms with van der Waals surface area (Å²) in [7, 11) is 0. The molecule has 1 aromatic rings. The fourth-order valence-electron chi connectivity index (χ4n) is 1.51. The average molecular weight is 288 g/mol. The Balaban J connectivity index is 3.00. The number of anilines is 1. The van der Waals surface area contributed by atoms with E-state index in [4.69, 9.17) is 22.0 Å². The van der Waals surface area contributed by atoms with Crippen LogP contribution in [0, 0.1) is 0 Å². The summed E-state index contributed by atoms with van der Waals surface area (Å²) in [6.07, 6.45) is 0. The fraction of sp³-hybridized carbons (Fsp3) is 0.273. The summed E-state index contributed by atoms with van der Waals surface area (Å²) in [4.78, 5) is 24.1. The molecule has 4 N–H and O–H groups in total. The first-order chi connectivity index (χ1) is 8.99. The number of benzene rings is 1. The number of hydrogen-bond donors (Lipinski definition) is 4. The molecule has 104 valence electrons. The topological polar surface area (TPSA) is 102 Å². The normalized spacial score (nSPS) is 11.6. The van der Waals surface area contributed by atoms with Crippen LogP contribution >= 0.6 is 11.6 Å². The summed E-state index contributed by atoms with van der Waals surface area (Å²) in [5.74, 6) is -1.37. The Morgan fingerprint density at radius 1 is 1.26 bits per heavy atom. The molecule has 0 saturated carbocycles. The molecule has 0 heterocycles. The quantitative estimate of drug-likeness (QED) is 0.468. The fourth-order valence-corrected chi connectivity index (χ4v) is 1.64. The van der Waals surface area contributed by atoms with Crippen molar-refractivity contribution in [2.45, 2.75) is 13.0 Å². The highest BCUT2D eigenvalue weighted by Crippen LogP contribution is 2.20. The van der Waals surface area contributed by atoms with Crippen molar-refractivity contribution in [2.75, 3.05) is 11.4 Å². The molecule has 0 radical (unpaired) electrons. The van der Waals surface area contributed by atoms with Crippen molar-refractivity contribution in [1.29, 1.82) is 0 Å². The Kier molecular flexibility index (Phi) is 5.56. The van der Waals surface area contributed by atoms with Gasteiger partial charge < -0.3 is 4.90 Å². The van der Waals surface area contributed by atoms with Crippen LogP contribution in [0.1, 0.15) is 6.92 Å². The van der Waals surface area contributed by atoms with Gasteiger partial charge in [-0.1, -0.05) is 11.6 Å². The molecule has 8 heteroatoms. The van der Waals surface area contributed by atoms with Crippen LogP contribution in [-0.2, 0) is 9.59 Å². The van der Waals surface area contributed by atoms with Crippen LogP contribution in [0.2, 0.25) is 5.02 Å². The molecule has 7 nitrogen and oxygen atoms in total. The SMILES string of the molecule is C[C@H](C(=O)NO)N(CC(=O)NO)c1ccc(Cl)cc1. The number of halogens is 1. The van der Waals surface area contributed by atoms with Gasteiger partial charge in [-0.15, -0.1) is 0 Å². The van der Waals surface area contributed by atoms with Gasteiger partial charge in [0.2, 0.25) is 0 Å². The van der Waals surface area contributed by atoms with Crippen molar-refractivity contribution < 1.29 is 20.0 Å². The van der Waals surface area contributed by atoms with Gasteiger partial charge in [0.25, 0.3) is 11.8 Å². The van der Waals surface area contributed by atoms with Crippen LogP contribution in [0.4, 0.5) is 5.69 Å². The van der Waals surface area contributed by atoms with E-state index in [-0.39, 0.29) is 6.54 Å². The second-order valence-electron chi connectivity index (χ2n) is 3.79. The van der Waals surface area contributed by atoms with E-state index >= 15 is 0 Å². The average Bonchev–Trinajstić information content (AvgIpc) is 2.43. The Labute approximate surface area is 114 Å². The second kappa shape index (κ2) is 6.93.